The average molecular weight is 569 g/mol. The smallest absolute Gasteiger partial charge is 0.337 e. The van der Waals surface area contributed by atoms with Crippen LogP contribution in [0.3, 0.4) is 0 Å². The van der Waals surface area contributed by atoms with Crippen LogP contribution in [0.15, 0.2) is 76.2 Å². The van der Waals surface area contributed by atoms with Crippen molar-refractivity contribution in [2.24, 2.45) is 4.99 Å². The molecule has 41 heavy (non-hydrogen) atoms. The van der Waals surface area contributed by atoms with Crippen LogP contribution in [0.4, 0.5) is 0 Å². The highest BCUT2D eigenvalue weighted by Gasteiger charge is 2.31. The van der Waals surface area contributed by atoms with Gasteiger partial charge >= 0.3 is 5.97 Å². The Kier molecular flexibility index (Phi) is 8.22. The lowest BCUT2D eigenvalue weighted by Crippen LogP contribution is -2.39. The van der Waals surface area contributed by atoms with Gasteiger partial charge in [-0.1, -0.05) is 53.7 Å². The van der Waals surface area contributed by atoms with Crippen LogP contribution in [-0.2, 0) is 9.53 Å². The van der Waals surface area contributed by atoms with Gasteiger partial charge in [-0.3, -0.25) is 9.36 Å². The van der Waals surface area contributed by atoms with Crippen molar-refractivity contribution in [3.63, 3.8) is 0 Å². The Labute approximate surface area is 240 Å². The molecule has 0 saturated heterocycles. The van der Waals surface area contributed by atoms with E-state index in [1.54, 1.807) is 18.2 Å². The maximum atomic E-state index is 14.1. The molecule has 2 heterocycles. The van der Waals surface area contributed by atoms with E-state index in [2.05, 4.69) is 10.9 Å². The quantitative estimate of drug-likeness (QED) is 0.224. The van der Waals surface area contributed by atoms with Gasteiger partial charge in [-0.05, 0) is 54.5 Å². The Balaban J connectivity index is 1.73. The van der Waals surface area contributed by atoms with E-state index in [1.807, 2.05) is 56.3 Å². The highest BCUT2D eigenvalue weighted by Crippen LogP contribution is 2.35. The number of thiazole rings is 1. The highest BCUT2D eigenvalue weighted by atomic mass is 32.1. The van der Waals surface area contributed by atoms with Crippen LogP contribution in [0.5, 0.6) is 17.2 Å². The van der Waals surface area contributed by atoms with E-state index in [4.69, 9.17) is 25.4 Å². The summed E-state index contributed by atoms with van der Waals surface area (Å²) in [6.45, 7) is 4.73. The Morgan fingerprint density at radius 2 is 1.80 bits per heavy atom. The first-order valence-electron chi connectivity index (χ1n) is 13.1. The van der Waals surface area contributed by atoms with Crippen LogP contribution < -0.4 is 29.1 Å². The number of rotatable bonds is 9. The molecule has 0 bridgehead atoms. The molecule has 0 spiro atoms. The Hall–Kier alpha value is -4.81. The van der Waals surface area contributed by atoms with Crippen molar-refractivity contribution in [1.29, 1.82) is 0 Å². The minimum absolute atomic E-state index is 0.0861. The number of aromatic nitrogens is 1. The van der Waals surface area contributed by atoms with E-state index < -0.39 is 12.0 Å². The van der Waals surface area contributed by atoms with Gasteiger partial charge in [-0.2, -0.15) is 0 Å². The van der Waals surface area contributed by atoms with Crippen molar-refractivity contribution in [2.45, 2.75) is 19.9 Å². The molecular formula is C32H28N2O6S. The van der Waals surface area contributed by atoms with E-state index in [1.165, 1.54) is 29.2 Å². The minimum Gasteiger partial charge on any atom is -0.490 e. The normalized spacial score (nSPS) is 14.4. The third-order valence-corrected chi connectivity index (χ3v) is 7.52. The number of fused-ring (bicyclic) bond motifs is 2. The molecule has 8 nitrogen and oxygen atoms in total. The van der Waals surface area contributed by atoms with E-state index >= 15 is 0 Å². The van der Waals surface area contributed by atoms with Crippen LogP contribution in [0.1, 0.15) is 31.0 Å². The number of esters is 1. The Morgan fingerprint density at radius 3 is 2.56 bits per heavy atom. The fourth-order valence-electron chi connectivity index (χ4n) is 4.79. The summed E-state index contributed by atoms with van der Waals surface area (Å²) in [6.07, 6.45) is 8.70. The molecule has 0 unspecified atom stereocenters. The van der Waals surface area contributed by atoms with E-state index in [9.17, 15) is 9.59 Å². The molecular weight excluding hydrogens is 540 g/mol. The van der Waals surface area contributed by atoms with Gasteiger partial charge in [0.05, 0.1) is 36.5 Å². The summed E-state index contributed by atoms with van der Waals surface area (Å²) in [4.78, 5) is 31.9. The third kappa shape index (κ3) is 5.34. The first-order valence-corrected chi connectivity index (χ1v) is 13.9. The molecule has 208 valence electrons. The van der Waals surface area contributed by atoms with Crippen molar-refractivity contribution in [2.75, 3.05) is 26.9 Å². The van der Waals surface area contributed by atoms with Crippen molar-refractivity contribution in [3.05, 3.63) is 97.2 Å². The number of carbonyl (C=O) groups excluding carboxylic acids is 1. The SMILES string of the molecule is C#CCOc1ccc2ccccc2c1/C=c1/sc2n(c1=O)[C@@H](c1ccc(OCC)c(OCC)c1)C(C(=O)OC)=CN=2. The summed E-state index contributed by atoms with van der Waals surface area (Å²) in [5.74, 6) is 3.56. The molecule has 5 rings (SSSR count). The topological polar surface area (TPSA) is 88.3 Å². The predicted molar refractivity (Wildman–Crippen MR) is 158 cm³/mol. The van der Waals surface area contributed by atoms with Crippen LogP contribution in [-0.4, -0.2) is 37.5 Å². The zero-order valence-corrected chi connectivity index (χ0v) is 23.7. The Bertz CT molecular complexity index is 1880. The third-order valence-electron chi connectivity index (χ3n) is 6.53. The van der Waals surface area contributed by atoms with Gasteiger partial charge in [-0.15, -0.1) is 6.42 Å². The van der Waals surface area contributed by atoms with Crippen molar-refractivity contribution in [1.82, 2.24) is 4.57 Å². The summed E-state index contributed by atoms with van der Waals surface area (Å²) >= 11 is 1.22. The maximum absolute atomic E-state index is 14.1. The molecule has 1 aromatic heterocycles. The zero-order chi connectivity index (χ0) is 28.9. The summed E-state index contributed by atoms with van der Waals surface area (Å²) in [5, 5.41) is 1.90. The van der Waals surface area contributed by atoms with Crippen molar-refractivity contribution >= 4 is 34.2 Å². The molecule has 0 fully saturated rings. The number of hydrogen-bond acceptors (Lipinski definition) is 8. The van der Waals surface area contributed by atoms with E-state index in [-0.39, 0.29) is 17.7 Å². The predicted octanol–water partition coefficient (Wildman–Crippen LogP) is 3.98. The van der Waals surface area contributed by atoms with Gasteiger partial charge in [0, 0.05) is 11.8 Å². The second-order valence-electron chi connectivity index (χ2n) is 8.94. The monoisotopic (exact) mass is 568 g/mol. The number of methoxy groups -OCH3 is 1. The number of nitrogens with zero attached hydrogens (tertiary/aromatic N) is 2. The molecule has 0 amide bonds. The van der Waals surface area contributed by atoms with E-state index in [0.717, 1.165) is 16.3 Å². The summed E-state index contributed by atoms with van der Waals surface area (Å²) in [6, 6.07) is 16.2. The number of benzene rings is 3. The van der Waals surface area contributed by atoms with Crippen LogP contribution >= 0.6 is 11.3 Å². The van der Waals surface area contributed by atoms with Crippen molar-refractivity contribution in [3.8, 4) is 29.6 Å². The first kappa shape index (κ1) is 27.7. The molecule has 1 atom stereocenters. The summed E-state index contributed by atoms with van der Waals surface area (Å²) in [5.41, 5.74) is 1.29. The molecule has 1 aliphatic rings. The van der Waals surface area contributed by atoms with Gasteiger partial charge in [0.2, 0.25) is 0 Å². The number of ether oxygens (including phenoxy) is 4. The molecule has 0 aliphatic carbocycles. The standard InChI is InChI=1S/C32H28N2O6S/c1-5-16-40-25-14-12-20-10-8-9-11-22(20)23(25)18-28-30(35)34-29(24(31(36)37-4)19-33-32(34)41-28)21-13-15-26(38-6-2)27(17-21)39-7-3/h1,8-15,17-19,29H,6-7,16H2,2-4H3/b28-18+/t29-/m0/s1. The molecule has 4 aromatic rings. The van der Waals surface area contributed by atoms with Crippen LogP contribution in [0.2, 0.25) is 0 Å². The summed E-state index contributed by atoms with van der Waals surface area (Å²) < 4.78 is 24.4. The number of carbonyl (C=O) groups is 1. The van der Waals surface area contributed by atoms with E-state index in [0.29, 0.717) is 45.4 Å². The van der Waals surface area contributed by atoms with Gasteiger partial charge < -0.3 is 18.9 Å². The maximum Gasteiger partial charge on any atom is 0.337 e. The Morgan fingerprint density at radius 1 is 1.05 bits per heavy atom. The molecule has 0 N–H and O–H groups in total. The second-order valence-corrected chi connectivity index (χ2v) is 9.95. The fraction of sp³-hybridized carbons (Fsp3) is 0.219. The first-order chi connectivity index (χ1) is 20.0. The van der Waals surface area contributed by atoms with Gasteiger partial charge in [-0.25, -0.2) is 9.79 Å². The molecule has 1 aliphatic heterocycles. The lowest BCUT2D eigenvalue weighted by molar-refractivity contribution is -0.136. The zero-order valence-electron chi connectivity index (χ0n) is 22.9. The van der Waals surface area contributed by atoms with Crippen molar-refractivity contribution < 1.29 is 23.7 Å². The lowest BCUT2D eigenvalue weighted by atomic mass is 9.97. The lowest BCUT2D eigenvalue weighted by Gasteiger charge is -2.23. The molecule has 0 saturated carbocycles. The van der Waals surface area contributed by atoms with Gasteiger partial charge in [0.25, 0.3) is 5.56 Å². The second kappa shape index (κ2) is 12.1. The molecule has 3 aromatic carbocycles. The average Bonchev–Trinajstić information content (AvgIpc) is 3.31. The molecule has 0 radical (unpaired) electrons. The number of terminal acetylenes is 1. The summed E-state index contributed by atoms with van der Waals surface area (Å²) in [7, 11) is 1.30. The fourth-order valence-corrected chi connectivity index (χ4v) is 5.74. The highest BCUT2D eigenvalue weighted by molar-refractivity contribution is 7.07. The largest absolute Gasteiger partial charge is 0.490 e. The molecule has 9 heteroatoms. The van der Waals surface area contributed by atoms with Crippen LogP contribution in [0, 0.1) is 12.3 Å². The number of hydrogen-bond donors (Lipinski definition) is 0. The van der Waals surface area contributed by atoms with Crippen LogP contribution in [0.25, 0.3) is 16.8 Å². The minimum atomic E-state index is -0.791. The van der Waals surface area contributed by atoms with Gasteiger partial charge in [0.15, 0.2) is 16.3 Å². The van der Waals surface area contributed by atoms with Gasteiger partial charge in [0.1, 0.15) is 12.4 Å².